The Hall–Kier alpha value is -1.49. The fraction of sp³-hybridized carbons (Fsp3) is 0.389. The van der Waals surface area contributed by atoms with Gasteiger partial charge in [0.25, 0.3) is 0 Å². The van der Waals surface area contributed by atoms with E-state index >= 15 is 0 Å². The Morgan fingerprint density at radius 2 is 1.96 bits per heavy atom. The van der Waals surface area contributed by atoms with E-state index in [-0.39, 0.29) is 0 Å². The smallest absolute Gasteiger partial charge is 0.397 e. The fourth-order valence-corrected chi connectivity index (χ4v) is 4.53. The van der Waals surface area contributed by atoms with Crippen molar-refractivity contribution in [3.8, 4) is 0 Å². The second-order valence-corrected chi connectivity index (χ2v) is 8.88. The zero-order chi connectivity index (χ0) is 20.9. The summed E-state index contributed by atoms with van der Waals surface area (Å²) >= 11 is 7.92. The Kier molecular flexibility index (Phi) is 7.99. The first-order valence-electron chi connectivity index (χ1n) is 8.50. The molecule has 0 bridgehead atoms. The van der Waals surface area contributed by atoms with Gasteiger partial charge in [-0.15, -0.1) is 11.3 Å². The number of rotatable bonds is 5. The number of fused-ring (bicyclic) bond motifs is 1. The number of benzene rings is 1. The average molecular weight is 448 g/mol. The van der Waals surface area contributed by atoms with Crippen LogP contribution in [0, 0.1) is 0 Å². The Bertz CT molecular complexity index is 912. The highest BCUT2D eigenvalue weighted by atomic mass is 35.5. The topological polar surface area (TPSA) is 104 Å². The Morgan fingerprint density at radius 3 is 2.50 bits per heavy atom. The number of carboxylic acid groups (broad SMARTS) is 1. The van der Waals surface area contributed by atoms with Crippen LogP contribution in [0.5, 0.6) is 0 Å². The van der Waals surface area contributed by atoms with Crippen molar-refractivity contribution in [3.05, 3.63) is 56.7 Å². The molecule has 1 atom stereocenters. The van der Waals surface area contributed by atoms with Crippen molar-refractivity contribution in [2.24, 2.45) is 0 Å². The molecule has 2 heterocycles. The van der Waals surface area contributed by atoms with E-state index in [1.807, 2.05) is 17.0 Å². The summed E-state index contributed by atoms with van der Waals surface area (Å²) in [6.07, 6.45) is 0.409. The second-order valence-electron chi connectivity index (χ2n) is 6.42. The largest absolute Gasteiger partial charge is 0.480 e. The Balaban J connectivity index is 0.000000300. The normalized spacial score (nSPS) is 15.5. The van der Waals surface area contributed by atoms with E-state index in [4.69, 9.17) is 16.2 Å². The lowest BCUT2D eigenvalue weighted by molar-refractivity contribution is -0.144. The second kappa shape index (κ2) is 9.82. The van der Waals surface area contributed by atoms with Gasteiger partial charge in [-0.25, -0.2) is 4.18 Å². The summed E-state index contributed by atoms with van der Waals surface area (Å²) in [4.78, 5) is 15.1. The lowest BCUT2D eigenvalue weighted by atomic mass is 10.0. The molecule has 2 N–H and O–H groups in total. The molecule has 0 amide bonds. The van der Waals surface area contributed by atoms with Crippen LogP contribution in [0.1, 0.15) is 35.9 Å². The number of carbonyl (C=O) groups is 1. The van der Waals surface area contributed by atoms with Crippen LogP contribution in [-0.2, 0) is 32.3 Å². The molecule has 28 heavy (non-hydrogen) atoms. The van der Waals surface area contributed by atoms with E-state index in [1.54, 1.807) is 23.5 Å². The zero-order valence-corrected chi connectivity index (χ0v) is 17.8. The molecule has 1 aliphatic heterocycles. The lowest BCUT2D eigenvalue weighted by Gasteiger charge is -2.32. The van der Waals surface area contributed by atoms with Crippen molar-refractivity contribution in [2.45, 2.75) is 39.0 Å². The number of halogens is 1. The van der Waals surface area contributed by atoms with E-state index in [0.29, 0.717) is 17.1 Å². The average Bonchev–Trinajstić information content (AvgIpc) is 3.02. The van der Waals surface area contributed by atoms with Crippen molar-refractivity contribution in [1.29, 1.82) is 0 Å². The van der Waals surface area contributed by atoms with E-state index < -0.39 is 28.5 Å². The number of nitrogens with zero attached hydrogens (tertiary/aromatic N) is 1. The quantitative estimate of drug-likeness (QED) is 0.671. The first kappa shape index (κ1) is 22.8. The molecule has 0 fully saturated rings. The number of hydrogen-bond donors (Lipinski definition) is 2. The molecule has 0 saturated heterocycles. The number of thiophene rings is 1. The van der Waals surface area contributed by atoms with Crippen LogP contribution in [0.4, 0.5) is 0 Å². The van der Waals surface area contributed by atoms with E-state index in [1.165, 1.54) is 24.3 Å². The minimum absolute atomic E-state index is 0.495. The molecular weight excluding hydrogens is 426 g/mol. The van der Waals surface area contributed by atoms with Gasteiger partial charge in [-0.3, -0.25) is 14.2 Å². The summed E-state index contributed by atoms with van der Waals surface area (Å²) in [5, 5.41) is 12.2. The van der Waals surface area contributed by atoms with Gasteiger partial charge in [0, 0.05) is 23.0 Å². The molecule has 7 nitrogen and oxygen atoms in total. The predicted molar refractivity (Wildman–Crippen MR) is 108 cm³/mol. The van der Waals surface area contributed by atoms with Gasteiger partial charge in [0.2, 0.25) is 0 Å². The molecule has 2 aromatic rings. The molecule has 10 heteroatoms. The maximum absolute atomic E-state index is 11.7. The highest BCUT2D eigenvalue weighted by Gasteiger charge is 2.31. The molecular formula is C18H22ClNO6S2. The zero-order valence-electron chi connectivity index (χ0n) is 15.4. The summed E-state index contributed by atoms with van der Waals surface area (Å²) in [7, 11) is -4.22. The number of aliphatic carboxylic acids is 1. The Labute approximate surface area is 173 Å². The minimum atomic E-state index is -4.22. The molecule has 0 spiro atoms. The van der Waals surface area contributed by atoms with Crippen LogP contribution >= 0.6 is 22.9 Å². The van der Waals surface area contributed by atoms with Gasteiger partial charge in [-0.1, -0.05) is 29.8 Å². The number of hydrogen-bond acceptors (Lipinski definition) is 6. The van der Waals surface area contributed by atoms with Gasteiger partial charge in [-0.05, 0) is 48.9 Å². The molecule has 0 radical (unpaired) electrons. The summed E-state index contributed by atoms with van der Waals surface area (Å²) in [5.74, 6) is -0.850. The maximum atomic E-state index is 11.7. The highest BCUT2D eigenvalue weighted by Crippen LogP contribution is 2.33. The molecule has 0 saturated carbocycles. The van der Waals surface area contributed by atoms with Gasteiger partial charge in [-0.2, -0.15) is 8.42 Å². The third kappa shape index (κ3) is 6.54. The van der Waals surface area contributed by atoms with Crippen molar-refractivity contribution in [2.75, 3.05) is 6.54 Å². The summed E-state index contributed by atoms with van der Waals surface area (Å²) < 4.78 is 31.5. The van der Waals surface area contributed by atoms with Gasteiger partial charge in [0.05, 0.1) is 6.10 Å². The minimum Gasteiger partial charge on any atom is -0.480 e. The molecule has 0 unspecified atom stereocenters. The monoisotopic (exact) mass is 447 g/mol. The van der Waals surface area contributed by atoms with Gasteiger partial charge in [0.15, 0.2) is 0 Å². The predicted octanol–water partition coefficient (Wildman–Crippen LogP) is 3.80. The third-order valence-corrected chi connectivity index (χ3v) is 5.95. The SMILES string of the molecule is CC(C)OS(=O)(=O)O.O=C(O)[C@H](c1ccccc1Cl)N1CCc2sccc2C1. The van der Waals surface area contributed by atoms with Crippen molar-refractivity contribution in [3.63, 3.8) is 0 Å². The summed E-state index contributed by atoms with van der Waals surface area (Å²) in [5.41, 5.74) is 1.90. The van der Waals surface area contributed by atoms with E-state index in [2.05, 4.69) is 15.6 Å². The van der Waals surface area contributed by atoms with Crippen LogP contribution in [0.3, 0.4) is 0 Å². The van der Waals surface area contributed by atoms with E-state index in [0.717, 1.165) is 13.0 Å². The van der Waals surface area contributed by atoms with Crippen LogP contribution in [0.25, 0.3) is 0 Å². The van der Waals surface area contributed by atoms with Gasteiger partial charge in [0.1, 0.15) is 6.04 Å². The first-order chi connectivity index (χ1) is 13.1. The summed E-state index contributed by atoms with van der Waals surface area (Å²) in [6, 6.07) is 8.58. The van der Waals surface area contributed by atoms with Crippen molar-refractivity contribution in [1.82, 2.24) is 4.90 Å². The van der Waals surface area contributed by atoms with Crippen LogP contribution in [-0.4, -0.2) is 41.6 Å². The molecule has 3 rings (SSSR count). The van der Waals surface area contributed by atoms with Gasteiger partial charge >= 0.3 is 16.4 Å². The van der Waals surface area contributed by atoms with Crippen molar-refractivity contribution >= 4 is 39.3 Å². The Morgan fingerprint density at radius 1 is 1.29 bits per heavy atom. The van der Waals surface area contributed by atoms with Crippen molar-refractivity contribution < 1.29 is 27.1 Å². The molecule has 1 aliphatic rings. The number of carboxylic acids is 1. The molecule has 1 aromatic heterocycles. The van der Waals surface area contributed by atoms with Crippen LogP contribution in [0.15, 0.2) is 35.7 Å². The van der Waals surface area contributed by atoms with E-state index in [9.17, 15) is 18.3 Å². The molecule has 154 valence electrons. The first-order valence-corrected chi connectivity index (χ1v) is 11.1. The van der Waals surface area contributed by atoms with Crippen LogP contribution < -0.4 is 0 Å². The molecule has 1 aromatic carbocycles. The third-order valence-electron chi connectivity index (χ3n) is 3.95. The summed E-state index contributed by atoms with van der Waals surface area (Å²) in [6.45, 7) is 4.43. The fourth-order valence-electron chi connectivity index (χ4n) is 2.92. The highest BCUT2D eigenvalue weighted by molar-refractivity contribution is 7.80. The standard InChI is InChI=1S/C15H14ClNO2S.C3H8O4S/c16-12-4-2-1-3-11(12)14(15(18)19)17-7-5-13-10(9-17)6-8-20-13;1-3(2)7-8(4,5)6/h1-4,6,8,14H,5,7,9H2,(H,18,19);3H,1-2H3,(H,4,5,6)/t14-;/m0./s1. The van der Waals surface area contributed by atoms with Gasteiger partial charge < -0.3 is 5.11 Å². The van der Waals surface area contributed by atoms with Crippen LogP contribution in [0.2, 0.25) is 5.02 Å². The maximum Gasteiger partial charge on any atom is 0.397 e. The molecule has 0 aliphatic carbocycles. The lowest BCUT2D eigenvalue weighted by Crippen LogP contribution is -2.37.